The van der Waals surface area contributed by atoms with E-state index in [1.807, 2.05) is 4.90 Å². The summed E-state index contributed by atoms with van der Waals surface area (Å²) in [6.07, 6.45) is 4.36. The molecule has 0 bridgehead atoms. The molecule has 0 radical (unpaired) electrons. The van der Waals surface area contributed by atoms with E-state index in [2.05, 4.69) is 9.38 Å². The summed E-state index contributed by atoms with van der Waals surface area (Å²) < 4.78 is 45.4. The zero-order valence-electron chi connectivity index (χ0n) is 17.0. The number of rotatable bonds is 5. The number of allylic oxidation sites excluding steroid dienone is 1. The van der Waals surface area contributed by atoms with Crippen LogP contribution < -0.4 is 0 Å². The highest BCUT2D eigenvalue weighted by atomic mass is 35.5. The number of carbonyl (C=O) groups excluding carboxylic acids is 1. The number of esters is 1. The number of hydrogen-bond acceptors (Lipinski definition) is 8. The van der Waals surface area contributed by atoms with E-state index >= 15 is 0 Å². The summed E-state index contributed by atoms with van der Waals surface area (Å²) in [5, 5.41) is 2.55. The predicted octanol–water partition coefficient (Wildman–Crippen LogP) is 3.22. The van der Waals surface area contributed by atoms with E-state index in [-0.39, 0.29) is 16.5 Å². The zero-order chi connectivity index (χ0) is 23.0. The van der Waals surface area contributed by atoms with Gasteiger partial charge >= 0.3 is 5.97 Å². The van der Waals surface area contributed by atoms with Crippen LogP contribution in [0.2, 0.25) is 5.02 Å². The van der Waals surface area contributed by atoms with Crippen LogP contribution in [-0.4, -0.2) is 56.2 Å². The fourth-order valence-corrected chi connectivity index (χ4v) is 5.04. The van der Waals surface area contributed by atoms with E-state index in [4.69, 9.17) is 21.3 Å². The van der Waals surface area contributed by atoms with Gasteiger partial charge in [0.1, 0.15) is 11.9 Å². The molecule has 1 saturated heterocycles. The molecule has 1 fully saturated rings. The van der Waals surface area contributed by atoms with Crippen molar-refractivity contribution < 1.29 is 22.3 Å². The molecule has 168 valence electrons. The number of hydrogen-bond donors (Lipinski definition) is 0. The van der Waals surface area contributed by atoms with Gasteiger partial charge in [-0.3, -0.25) is 4.99 Å². The van der Waals surface area contributed by atoms with Gasteiger partial charge in [-0.25, -0.2) is 22.6 Å². The van der Waals surface area contributed by atoms with Crippen LogP contribution in [0.25, 0.3) is 0 Å². The number of carbonyl (C=O) groups is 1. The largest absolute Gasteiger partial charge is 0.466 e. The highest BCUT2D eigenvalue weighted by Gasteiger charge is 2.42. The van der Waals surface area contributed by atoms with Crippen molar-refractivity contribution in [2.24, 2.45) is 15.3 Å². The predicted molar refractivity (Wildman–Crippen MR) is 120 cm³/mol. The van der Waals surface area contributed by atoms with Crippen LogP contribution in [0.5, 0.6) is 0 Å². The van der Waals surface area contributed by atoms with Crippen LogP contribution in [-0.2, 0) is 19.6 Å². The van der Waals surface area contributed by atoms with Crippen molar-refractivity contribution in [2.75, 3.05) is 19.9 Å². The van der Waals surface area contributed by atoms with Gasteiger partial charge in [0.2, 0.25) is 10.0 Å². The maximum Gasteiger partial charge on any atom is 0.338 e. The van der Waals surface area contributed by atoms with Crippen molar-refractivity contribution in [3.05, 3.63) is 62.5 Å². The van der Waals surface area contributed by atoms with Gasteiger partial charge in [-0.1, -0.05) is 17.7 Å². The fraction of sp³-hybridized carbons (Fsp3) is 0.300. The minimum atomic E-state index is -3.55. The normalized spacial score (nSPS) is 21.1. The van der Waals surface area contributed by atoms with Crippen LogP contribution in [0.1, 0.15) is 23.0 Å². The van der Waals surface area contributed by atoms with Crippen molar-refractivity contribution >= 4 is 51.0 Å². The fourth-order valence-electron chi connectivity index (χ4n) is 3.74. The second-order valence-corrected chi connectivity index (χ2v) is 10.3. The van der Waals surface area contributed by atoms with E-state index in [0.29, 0.717) is 35.1 Å². The van der Waals surface area contributed by atoms with Crippen LogP contribution in [0.3, 0.4) is 0 Å². The van der Waals surface area contributed by atoms with Crippen molar-refractivity contribution in [3.8, 4) is 0 Å². The third-order valence-electron chi connectivity index (χ3n) is 5.04. The molecular weight excluding hydrogens is 479 g/mol. The second kappa shape index (κ2) is 8.72. The van der Waals surface area contributed by atoms with E-state index < -0.39 is 27.9 Å². The molecule has 32 heavy (non-hydrogen) atoms. The first kappa shape index (κ1) is 22.6. The monoisotopic (exact) mass is 496 g/mol. The first-order chi connectivity index (χ1) is 15.2. The summed E-state index contributed by atoms with van der Waals surface area (Å²) >= 11 is 7.69. The van der Waals surface area contributed by atoms with Gasteiger partial charge in [-0.05, 0) is 18.6 Å². The quantitative estimate of drug-likeness (QED) is 0.465. The van der Waals surface area contributed by atoms with Gasteiger partial charge < -0.3 is 9.64 Å². The number of aliphatic imine (C=N–C) groups is 1. The van der Waals surface area contributed by atoms with Gasteiger partial charge in [0.05, 0.1) is 18.9 Å². The molecule has 2 aliphatic heterocycles. The molecule has 2 aromatic rings. The summed E-state index contributed by atoms with van der Waals surface area (Å²) in [6.45, 7) is 0.358. The van der Waals surface area contributed by atoms with Gasteiger partial charge in [0.15, 0.2) is 10.8 Å². The molecule has 8 nitrogen and oxygen atoms in total. The number of sulfonamides is 1. The van der Waals surface area contributed by atoms with Crippen molar-refractivity contribution in [1.82, 2.24) is 9.88 Å². The number of nitrogens with zero attached hydrogens (tertiary/aromatic N) is 4. The number of ether oxygens (including phenoxy) is 1. The minimum Gasteiger partial charge on any atom is -0.466 e. The summed E-state index contributed by atoms with van der Waals surface area (Å²) in [5.41, 5.74) is 1.33. The number of aromatic nitrogens is 1. The van der Waals surface area contributed by atoms with E-state index in [1.165, 1.54) is 36.8 Å². The van der Waals surface area contributed by atoms with Crippen molar-refractivity contribution in [1.29, 1.82) is 0 Å². The third-order valence-corrected chi connectivity index (χ3v) is 6.64. The lowest BCUT2D eigenvalue weighted by molar-refractivity contribution is -0.136. The smallest absolute Gasteiger partial charge is 0.338 e. The van der Waals surface area contributed by atoms with Crippen molar-refractivity contribution in [2.45, 2.75) is 12.5 Å². The molecular formula is C20H18ClFN4O4S2. The molecule has 12 heteroatoms. The lowest BCUT2D eigenvalue weighted by Gasteiger charge is -2.31. The third kappa shape index (κ3) is 4.45. The van der Waals surface area contributed by atoms with E-state index in [9.17, 15) is 17.6 Å². The first-order valence-electron chi connectivity index (χ1n) is 9.45. The van der Waals surface area contributed by atoms with E-state index in [1.54, 1.807) is 11.6 Å². The lowest BCUT2D eigenvalue weighted by Crippen LogP contribution is -2.35. The number of methoxy groups -OCH3 is 1. The van der Waals surface area contributed by atoms with Crippen LogP contribution >= 0.6 is 22.9 Å². The zero-order valence-corrected chi connectivity index (χ0v) is 19.4. The molecule has 3 heterocycles. The van der Waals surface area contributed by atoms with Gasteiger partial charge in [-0.15, -0.1) is 11.3 Å². The van der Waals surface area contributed by atoms with Gasteiger partial charge in [-0.2, -0.15) is 4.40 Å². The Morgan fingerprint density at radius 1 is 1.44 bits per heavy atom. The number of thiazole rings is 1. The summed E-state index contributed by atoms with van der Waals surface area (Å²) in [7, 11) is -2.28. The molecule has 1 aromatic heterocycles. The molecule has 1 aromatic carbocycles. The average molecular weight is 497 g/mol. The number of amidine groups is 1. The standard InChI is InChI=1S/C20H18ClFN4O4S2/c1-30-20(27)16-15-7-11(9-24-32(2,28)29)10-26(15)18(19-23-5-6-31-19)25-17(16)13-4-3-12(22)8-14(13)21/h3-6,8-9,11,17H,7,10H2,1-2H3/b24-9+/t11?,17-/m0/s1. The Labute approximate surface area is 193 Å². The Morgan fingerprint density at radius 3 is 2.84 bits per heavy atom. The van der Waals surface area contributed by atoms with Gasteiger partial charge in [0, 0.05) is 46.5 Å². The first-order valence-corrected chi connectivity index (χ1v) is 12.6. The molecule has 0 amide bonds. The molecule has 0 N–H and O–H groups in total. The number of halogens is 2. The van der Waals surface area contributed by atoms with E-state index in [0.717, 1.165) is 12.3 Å². The lowest BCUT2D eigenvalue weighted by atomic mass is 9.94. The minimum absolute atomic E-state index is 0.126. The SMILES string of the molecule is COC(=O)C1=C2CC(/C=N/S(C)(=O)=O)CN2C(c2nccs2)=N[C@H]1c1ccc(F)cc1Cl. The number of fused-ring (bicyclic) bond motifs is 1. The summed E-state index contributed by atoms with van der Waals surface area (Å²) in [6, 6.07) is 3.06. The van der Waals surface area contributed by atoms with Gasteiger partial charge in [0.25, 0.3) is 0 Å². The Morgan fingerprint density at radius 2 is 2.22 bits per heavy atom. The highest BCUT2D eigenvalue weighted by Crippen LogP contribution is 2.43. The molecule has 0 saturated carbocycles. The van der Waals surface area contributed by atoms with Crippen LogP contribution in [0.4, 0.5) is 4.39 Å². The Bertz CT molecular complexity index is 1260. The second-order valence-electron chi connectivity index (χ2n) is 7.27. The maximum absolute atomic E-state index is 13.7. The molecule has 2 atom stereocenters. The Hall–Kier alpha value is -2.63. The molecule has 1 unspecified atom stereocenters. The molecule has 4 rings (SSSR count). The van der Waals surface area contributed by atoms with Crippen molar-refractivity contribution in [3.63, 3.8) is 0 Å². The summed E-state index contributed by atoms with van der Waals surface area (Å²) in [4.78, 5) is 23.8. The van der Waals surface area contributed by atoms with Crippen LogP contribution in [0.15, 0.2) is 50.4 Å². The Balaban J connectivity index is 1.88. The Kier molecular flexibility index (Phi) is 6.15. The highest BCUT2D eigenvalue weighted by molar-refractivity contribution is 7.89. The summed E-state index contributed by atoms with van der Waals surface area (Å²) in [5.74, 6) is -0.876. The van der Waals surface area contributed by atoms with Crippen LogP contribution in [0, 0.1) is 11.7 Å². The maximum atomic E-state index is 13.7. The average Bonchev–Trinajstić information content (AvgIpc) is 3.40. The number of benzene rings is 1. The topological polar surface area (TPSA) is 101 Å². The molecule has 0 spiro atoms. The molecule has 2 aliphatic rings. The molecule has 0 aliphatic carbocycles.